The van der Waals surface area contributed by atoms with Crippen LogP contribution in [-0.4, -0.2) is 31.8 Å². The van der Waals surface area contributed by atoms with Crippen molar-refractivity contribution >= 4 is 11.6 Å². The van der Waals surface area contributed by atoms with Gasteiger partial charge in [-0.1, -0.05) is 6.08 Å². The Kier molecular flexibility index (Phi) is 4.13. The van der Waals surface area contributed by atoms with E-state index in [0.717, 1.165) is 17.9 Å². The van der Waals surface area contributed by atoms with Crippen molar-refractivity contribution < 1.29 is 14.2 Å². The van der Waals surface area contributed by atoms with Gasteiger partial charge in [0, 0.05) is 18.9 Å². The first kappa shape index (κ1) is 11.8. The molecule has 2 unspecified atom stereocenters. The molecule has 1 heterocycles. The summed E-state index contributed by atoms with van der Waals surface area (Å²) in [7, 11) is 0. The molecule has 0 saturated heterocycles. The predicted octanol–water partition coefficient (Wildman–Crippen LogP) is 2.46. The lowest BCUT2D eigenvalue weighted by Gasteiger charge is -2.31. The molecular weight excluding hydrogens is 228 g/mol. The summed E-state index contributed by atoms with van der Waals surface area (Å²) in [5.74, 6) is 2.75. The van der Waals surface area contributed by atoms with Crippen LogP contribution in [0.5, 0.6) is 0 Å². The van der Waals surface area contributed by atoms with Gasteiger partial charge in [0.15, 0.2) is 11.9 Å². The summed E-state index contributed by atoms with van der Waals surface area (Å²) in [6.45, 7) is 3.83. The van der Waals surface area contributed by atoms with E-state index in [1.54, 1.807) is 0 Å². The molecule has 16 heavy (non-hydrogen) atoms. The lowest BCUT2D eigenvalue weighted by molar-refractivity contribution is -0.0500. The average Bonchev–Trinajstić information content (AvgIpc) is 2.35. The Morgan fingerprint density at radius 1 is 1.56 bits per heavy atom. The van der Waals surface area contributed by atoms with E-state index in [1.807, 2.05) is 13.0 Å². The molecule has 0 radical (unpaired) electrons. The van der Waals surface area contributed by atoms with Gasteiger partial charge in [-0.15, -0.1) is 11.6 Å². The molecule has 0 N–H and O–H groups in total. The molecule has 0 saturated carbocycles. The van der Waals surface area contributed by atoms with Crippen molar-refractivity contribution in [1.29, 1.82) is 0 Å². The van der Waals surface area contributed by atoms with Crippen molar-refractivity contribution in [3.8, 4) is 0 Å². The van der Waals surface area contributed by atoms with Gasteiger partial charge in [-0.05, 0) is 18.9 Å². The Labute approximate surface area is 101 Å². The maximum atomic E-state index is 5.84. The molecule has 90 valence electrons. The minimum atomic E-state index is 0.0150. The van der Waals surface area contributed by atoms with Gasteiger partial charge in [-0.2, -0.15) is 0 Å². The van der Waals surface area contributed by atoms with Crippen molar-refractivity contribution in [2.75, 3.05) is 25.7 Å². The van der Waals surface area contributed by atoms with E-state index in [1.165, 1.54) is 0 Å². The van der Waals surface area contributed by atoms with Gasteiger partial charge >= 0.3 is 0 Å². The Balaban J connectivity index is 1.93. The highest BCUT2D eigenvalue weighted by Crippen LogP contribution is 2.30. The van der Waals surface area contributed by atoms with Crippen LogP contribution in [0.15, 0.2) is 23.7 Å². The lowest BCUT2D eigenvalue weighted by Crippen LogP contribution is -2.31. The molecular formula is C12H17ClO3. The molecule has 0 aromatic carbocycles. The smallest absolute Gasteiger partial charge is 0.156 e. The van der Waals surface area contributed by atoms with Crippen molar-refractivity contribution in [3.05, 3.63) is 23.7 Å². The maximum absolute atomic E-state index is 5.84. The largest absolute Gasteiger partial charge is 0.486 e. The van der Waals surface area contributed by atoms with Gasteiger partial charge in [-0.3, -0.25) is 0 Å². The number of alkyl halides is 1. The molecule has 1 aliphatic carbocycles. The normalized spacial score (nSPS) is 28.4. The standard InChI is InChI=1S/C12H17ClO3/c1-2-14-7-10-8-15-11-4-3-9(6-13)5-12(11)16-10/h3-4,9-10H,2,5-8H2,1H3. The molecule has 0 amide bonds. The summed E-state index contributed by atoms with van der Waals surface area (Å²) in [4.78, 5) is 0. The summed E-state index contributed by atoms with van der Waals surface area (Å²) in [6.07, 6.45) is 4.89. The summed E-state index contributed by atoms with van der Waals surface area (Å²) < 4.78 is 16.8. The zero-order chi connectivity index (χ0) is 11.4. The summed E-state index contributed by atoms with van der Waals surface area (Å²) >= 11 is 5.84. The minimum Gasteiger partial charge on any atom is -0.486 e. The number of rotatable bonds is 4. The van der Waals surface area contributed by atoms with E-state index < -0.39 is 0 Å². The summed E-state index contributed by atoms with van der Waals surface area (Å²) in [5.41, 5.74) is 0. The molecule has 4 heteroatoms. The topological polar surface area (TPSA) is 27.7 Å². The van der Waals surface area contributed by atoms with Gasteiger partial charge in [-0.25, -0.2) is 0 Å². The molecule has 0 aromatic rings. The Bertz CT molecular complexity index is 299. The van der Waals surface area contributed by atoms with Crippen molar-refractivity contribution in [2.45, 2.75) is 19.4 Å². The van der Waals surface area contributed by atoms with Gasteiger partial charge in [0.25, 0.3) is 0 Å². The SMILES string of the molecule is CCOCC1COC2=C(CC(CCl)C=C2)O1. The highest BCUT2D eigenvalue weighted by Gasteiger charge is 2.26. The molecule has 0 aromatic heterocycles. The third kappa shape index (κ3) is 2.71. The molecule has 0 bridgehead atoms. The van der Waals surface area contributed by atoms with Crippen molar-refractivity contribution in [2.24, 2.45) is 5.92 Å². The van der Waals surface area contributed by atoms with Crippen LogP contribution in [0.25, 0.3) is 0 Å². The van der Waals surface area contributed by atoms with Gasteiger partial charge < -0.3 is 14.2 Å². The summed E-state index contributed by atoms with van der Waals surface area (Å²) in [5, 5.41) is 0. The number of hydrogen-bond acceptors (Lipinski definition) is 3. The first-order chi connectivity index (χ1) is 7.83. The van der Waals surface area contributed by atoms with Gasteiger partial charge in [0.1, 0.15) is 12.4 Å². The van der Waals surface area contributed by atoms with E-state index in [2.05, 4.69) is 6.08 Å². The molecule has 3 nitrogen and oxygen atoms in total. The monoisotopic (exact) mass is 244 g/mol. The molecule has 2 atom stereocenters. The number of ether oxygens (including phenoxy) is 3. The highest BCUT2D eigenvalue weighted by atomic mass is 35.5. The van der Waals surface area contributed by atoms with Crippen LogP contribution in [0.2, 0.25) is 0 Å². The quantitative estimate of drug-likeness (QED) is 0.711. The summed E-state index contributed by atoms with van der Waals surface area (Å²) in [6, 6.07) is 0. The Morgan fingerprint density at radius 2 is 2.44 bits per heavy atom. The molecule has 0 spiro atoms. The van der Waals surface area contributed by atoms with Crippen LogP contribution in [0.4, 0.5) is 0 Å². The Morgan fingerprint density at radius 3 is 3.19 bits per heavy atom. The molecule has 2 rings (SSSR count). The van der Waals surface area contributed by atoms with E-state index in [9.17, 15) is 0 Å². The fourth-order valence-corrected chi connectivity index (χ4v) is 2.03. The molecule has 0 fully saturated rings. The lowest BCUT2D eigenvalue weighted by atomic mass is 10.00. The van der Waals surface area contributed by atoms with E-state index >= 15 is 0 Å². The second-order valence-electron chi connectivity index (χ2n) is 3.98. The van der Waals surface area contributed by atoms with E-state index in [4.69, 9.17) is 25.8 Å². The van der Waals surface area contributed by atoms with Crippen LogP contribution in [-0.2, 0) is 14.2 Å². The fourth-order valence-electron chi connectivity index (χ4n) is 1.81. The zero-order valence-corrected chi connectivity index (χ0v) is 10.2. The second kappa shape index (κ2) is 5.60. The van der Waals surface area contributed by atoms with Crippen LogP contribution < -0.4 is 0 Å². The second-order valence-corrected chi connectivity index (χ2v) is 4.28. The van der Waals surface area contributed by atoms with Crippen LogP contribution in [0, 0.1) is 5.92 Å². The Hall–Kier alpha value is -0.670. The number of allylic oxidation sites excluding steroid dienone is 3. The van der Waals surface area contributed by atoms with Crippen molar-refractivity contribution in [1.82, 2.24) is 0 Å². The van der Waals surface area contributed by atoms with E-state index in [-0.39, 0.29) is 6.10 Å². The third-order valence-electron chi connectivity index (χ3n) is 2.68. The van der Waals surface area contributed by atoms with Gasteiger partial charge in [0.05, 0.1) is 6.61 Å². The van der Waals surface area contributed by atoms with Crippen LogP contribution >= 0.6 is 11.6 Å². The van der Waals surface area contributed by atoms with Crippen molar-refractivity contribution in [3.63, 3.8) is 0 Å². The van der Waals surface area contributed by atoms with Crippen LogP contribution in [0.1, 0.15) is 13.3 Å². The minimum absolute atomic E-state index is 0.0150. The molecule has 2 aliphatic rings. The first-order valence-electron chi connectivity index (χ1n) is 5.68. The van der Waals surface area contributed by atoms with Crippen LogP contribution in [0.3, 0.4) is 0 Å². The number of halogens is 1. The predicted molar refractivity (Wildman–Crippen MR) is 62.3 cm³/mol. The maximum Gasteiger partial charge on any atom is 0.156 e. The third-order valence-corrected chi connectivity index (χ3v) is 3.08. The number of hydrogen-bond donors (Lipinski definition) is 0. The average molecular weight is 245 g/mol. The zero-order valence-electron chi connectivity index (χ0n) is 9.45. The fraction of sp³-hybridized carbons (Fsp3) is 0.667. The highest BCUT2D eigenvalue weighted by molar-refractivity contribution is 6.18. The van der Waals surface area contributed by atoms with E-state index in [0.29, 0.717) is 31.6 Å². The first-order valence-corrected chi connectivity index (χ1v) is 6.21. The molecule has 1 aliphatic heterocycles. The van der Waals surface area contributed by atoms with Gasteiger partial charge in [0.2, 0.25) is 0 Å².